The maximum atomic E-state index is 2.50. The first-order chi connectivity index (χ1) is 26.1. The molecule has 0 spiro atoms. The Morgan fingerprint density at radius 1 is 0.302 bits per heavy atom. The number of hydrogen-bond acceptors (Lipinski definition) is 0. The van der Waals surface area contributed by atoms with E-state index in [1.54, 1.807) is 0 Å². The summed E-state index contributed by atoms with van der Waals surface area (Å²) in [6, 6.07) is 63.3. The van der Waals surface area contributed by atoms with Gasteiger partial charge in [-0.15, -0.1) is 0 Å². The number of benzene rings is 9. The van der Waals surface area contributed by atoms with Crippen LogP contribution >= 0.6 is 0 Å². The van der Waals surface area contributed by atoms with Gasteiger partial charge in [-0.25, -0.2) is 0 Å². The lowest BCUT2D eigenvalue weighted by molar-refractivity contribution is 0.661. The Bertz CT molecular complexity index is 3320. The van der Waals surface area contributed by atoms with Crippen molar-refractivity contribution in [3.8, 4) is 22.5 Å². The van der Waals surface area contributed by atoms with Crippen LogP contribution in [0.2, 0.25) is 0 Å². The van der Waals surface area contributed by atoms with Crippen molar-refractivity contribution in [3.63, 3.8) is 0 Å². The van der Waals surface area contributed by atoms with Crippen molar-refractivity contribution in [2.24, 2.45) is 0 Å². The maximum Gasteiger partial charge on any atom is 0.0542 e. The van der Waals surface area contributed by atoms with E-state index in [1.165, 1.54) is 110 Å². The van der Waals surface area contributed by atoms with Gasteiger partial charge in [0.1, 0.15) is 0 Å². The molecule has 9 aromatic carbocycles. The van der Waals surface area contributed by atoms with Crippen molar-refractivity contribution in [1.29, 1.82) is 0 Å². The minimum absolute atomic E-state index is 0.123. The van der Waals surface area contributed by atoms with E-state index >= 15 is 0 Å². The van der Waals surface area contributed by atoms with Crippen LogP contribution in [0.15, 0.2) is 170 Å². The van der Waals surface area contributed by atoms with E-state index in [0.717, 1.165) is 0 Å². The van der Waals surface area contributed by atoms with Gasteiger partial charge in [0.2, 0.25) is 0 Å². The largest absolute Gasteiger partial charge is 0.309 e. The van der Waals surface area contributed by atoms with Gasteiger partial charge >= 0.3 is 0 Å². The second-order valence-electron chi connectivity index (χ2n) is 15.3. The molecule has 0 aliphatic heterocycles. The molecule has 0 saturated heterocycles. The Balaban J connectivity index is 1.10. The molecule has 12 rings (SSSR count). The zero-order chi connectivity index (χ0) is 35.0. The molecule has 2 nitrogen and oxygen atoms in total. The molecule has 0 radical (unpaired) electrons. The van der Waals surface area contributed by atoms with E-state index in [0.29, 0.717) is 0 Å². The molecule has 53 heavy (non-hydrogen) atoms. The molecule has 0 atom stereocenters. The third-order valence-corrected chi connectivity index (χ3v) is 12.3. The van der Waals surface area contributed by atoms with E-state index in [2.05, 4.69) is 193 Å². The second-order valence-corrected chi connectivity index (χ2v) is 15.3. The number of nitrogens with zero attached hydrogens (tertiary/aromatic N) is 2. The molecule has 1 aliphatic carbocycles. The van der Waals surface area contributed by atoms with Gasteiger partial charge in [0.05, 0.1) is 22.1 Å². The van der Waals surface area contributed by atoms with Crippen LogP contribution in [0, 0.1) is 0 Å². The van der Waals surface area contributed by atoms with Crippen molar-refractivity contribution in [3.05, 3.63) is 181 Å². The Kier molecular flexibility index (Phi) is 5.60. The Morgan fingerprint density at radius 2 is 0.698 bits per heavy atom. The normalized spacial score (nSPS) is 13.6. The highest BCUT2D eigenvalue weighted by Crippen LogP contribution is 2.52. The molecule has 2 heterocycles. The van der Waals surface area contributed by atoms with E-state index in [4.69, 9.17) is 0 Å². The molecular weight excluding hydrogens is 641 g/mol. The molecule has 0 unspecified atom stereocenters. The summed E-state index contributed by atoms with van der Waals surface area (Å²) in [6.45, 7) is 4.78. The number of para-hydroxylation sites is 3. The van der Waals surface area contributed by atoms with Gasteiger partial charge in [-0.3, -0.25) is 0 Å². The molecule has 1 aliphatic rings. The number of aromatic nitrogens is 2. The SMILES string of the molecule is CC1(C)c2ccc(-n3c4ccccc4c4cc(-n5c6ccccc6c6ccccc65)ccc43)cc2-c2cc3c4ccccc4c4ccccc4c3cc21. The molecule has 248 valence electrons. The summed E-state index contributed by atoms with van der Waals surface area (Å²) in [5.41, 5.74) is 12.6. The van der Waals surface area contributed by atoms with Crippen LogP contribution in [0.4, 0.5) is 0 Å². The highest BCUT2D eigenvalue weighted by Gasteiger charge is 2.36. The summed E-state index contributed by atoms with van der Waals surface area (Å²) in [5.74, 6) is 0. The van der Waals surface area contributed by atoms with Crippen LogP contribution in [0.3, 0.4) is 0 Å². The zero-order valence-corrected chi connectivity index (χ0v) is 29.6. The van der Waals surface area contributed by atoms with Crippen LogP contribution in [-0.4, -0.2) is 9.13 Å². The minimum atomic E-state index is -0.123. The fraction of sp³-hybridized carbons (Fsp3) is 0.0588. The van der Waals surface area contributed by atoms with Gasteiger partial charge in [-0.05, 0) is 115 Å². The Hall–Kier alpha value is -6.64. The van der Waals surface area contributed by atoms with E-state index in [1.807, 2.05) is 0 Å². The van der Waals surface area contributed by atoms with Crippen LogP contribution < -0.4 is 0 Å². The third kappa shape index (κ3) is 3.77. The lowest BCUT2D eigenvalue weighted by Gasteiger charge is -2.22. The first-order valence-corrected chi connectivity index (χ1v) is 18.6. The quantitative estimate of drug-likeness (QED) is 0.162. The summed E-state index contributed by atoms with van der Waals surface area (Å²) in [5, 5.41) is 13.0. The summed E-state index contributed by atoms with van der Waals surface area (Å²) >= 11 is 0. The lowest BCUT2D eigenvalue weighted by Crippen LogP contribution is -2.15. The lowest BCUT2D eigenvalue weighted by atomic mass is 9.81. The fourth-order valence-corrected chi connectivity index (χ4v) is 9.85. The highest BCUT2D eigenvalue weighted by molar-refractivity contribution is 6.26. The van der Waals surface area contributed by atoms with Gasteiger partial charge < -0.3 is 9.13 Å². The third-order valence-electron chi connectivity index (χ3n) is 12.3. The van der Waals surface area contributed by atoms with Crippen molar-refractivity contribution in [1.82, 2.24) is 9.13 Å². The molecule has 0 N–H and O–H groups in total. The van der Waals surface area contributed by atoms with Crippen LogP contribution in [0.5, 0.6) is 0 Å². The predicted molar refractivity (Wildman–Crippen MR) is 225 cm³/mol. The molecule has 2 aromatic heterocycles. The van der Waals surface area contributed by atoms with Crippen molar-refractivity contribution in [2.45, 2.75) is 19.3 Å². The second kappa shape index (κ2) is 10.2. The average molecular weight is 675 g/mol. The topological polar surface area (TPSA) is 9.86 Å². The molecule has 2 heteroatoms. The predicted octanol–water partition coefficient (Wildman–Crippen LogP) is 13.6. The van der Waals surface area contributed by atoms with Crippen molar-refractivity contribution >= 4 is 75.9 Å². The minimum Gasteiger partial charge on any atom is -0.309 e. The molecule has 0 bridgehead atoms. The number of fused-ring (bicyclic) bond motifs is 15. The Labute approximate surface area is 306 Å². The van der Waals surface area contributed by atoms with Gasteiger partial charge in [-0.1, -0.05) is 123 Å². The van der Waals surface area contributed by atoms with Crippen LogP contribution in [0.1, 0.15) is 25.0 Å². The van der Waals surface area contributed by atoms with Gasteiger partial charge in [0.15, 0.2) is 0 Å². The summed E-state index contributed by atoms with van der Waals surface area (Å²) in [4.78, 5) is 0. The number of hydrogen-bond donors (Lipinski definition) is 0. The van der Waals surface area contributed by atoms with Crippen molar-refractivity contribution in [2.75, 3.05) is 0 Å². The first kappa shape index (κ1) is 29.0. The highest BCUT2D eigenvalue weighted by atomic mass is 15.0. The van der Waals surface area contributed by atoms with E-state index in [-0.39, 0.29) is 5.41 Å². The molecule has 0 fully saturated rings. The molecule has 0 amide bonds. The smallest absolute Gasteiger partial charge is 0.0542 e. The zero-order valence-electron chi connectivity index (χ0n) is 29.6. The molecule has 0 saturated carbocycles. The summed E-state index contributed by atoms with van der Waals surface area (Å²) < 4.78 is 4.89. The maximum absolute atomic E-state index is 2.50. The average Bonchev–Trinajstić information content (AvgIpc) is 3.80. The number of rotatable bonds is 2. The summed E-state index contributed by atoms with van der Waals surface area (Å²) in [7, 11) is 0. The van der Waals surface area contributed by atoms with Crippen molar-refractivity contribution < 1.29 is 0 Å². The monoisotopic (exact) mass is 674 g/mol. The van der Waals surface area contributed by atoms with Gasteiger partial charge in [0.25, 0.3) is 0 Å². The first-order valence-electron chi connectivity index (χ1n) is 18.6. The van der Waals surface area contributed by atoms with E-state index in [9.17, 15) is 0 Å². The Morgan fingerprint density at radius 3 is 1.26 bits per heavy atom. The van der Waals surface area contributed by atoms with Gasteiger partial charge in [0, 0.05) is 38.3 Å². The van der Waals surface area contributed by atoms with Crippen LogP contribution in [-0.2, 0) is 5.41 Å². The molecule has 11 aromatic rings. The van der Waals surface area contributed by atoms with Gasteiger partial charge in [-0.2, -0.15) is 0 Å². The fourth-order valence-electron chi connectivity index (χ4n) is 9.85. The standard InChI is InChI=1S/C51H34N2/c1-51(2)45-25-23-31(27-42(45)43-29-40-35-15-5-3-13-33(35)34-14-4-6-16-36(34)41(40)30-46(43)51)53-49-22-12-9-19-39(49)44-28-32(24-26-50(44)53)52-47-20-10-7-17-37(47)38-18-8-11-21-48(38)52/h3-30H,1-2H3. The summed E-state index contributed by atoms with van der Waals surface area (Å²) in [6.07, 6.45) is 0. The van der Waals surface area contributed by atoms with Crippen LogP contribution in [0.25, 0.3) is 98.4 Å². The van der Waals surface area contributed by atoms with E-state index < -0.39 is 0 Å². The molecular formula is C51H34N2.